The van der Waals surface area contributed by atoms with Crippen molar-refractivity contribution in [3.05, 3.63) is 10.4 Å². The van der Waals surface area contributed by atoms with Crippen LogP contribution in [0.25, 0.3) is 0 Å². The smallest absolute Gasteiger partial charge is 0.350 e. The quantitative estimate of drug-likeness (QED) is 0.812. The first-order chi connectivity index (χ1) is 9.20. The molecule has 3 rings (SSSR count). The average molecular weight is 280 g/mol. The minimum absolute atomic E-state index is 0.284. The van der Waals surface area contributed by atoms with Crippen LogP contribution in [-0.4, -0.2) is 18.6 Å². The van der Waals surface area contributed by atoms with Crippen molar-refractivity contribution >= 4 is 28.0 Å². The number of carbonyl (C=O) groups excluding carboxylic acids is 1. The van der Waals surface area contributed by atoms with Gasteiger partial charge < -0.3 is 15.8 Å². The molecule has 0 aliphatic heterocycles. The molecule has 0 aromatic carbocycles. The molecule has 0 spiro atoms. The van der Waals surface area contributed by atoms with Crippen LogP contribution in [0, 0.1) is 0 Å². The summed E-state index contributed by atoms with van der Waals surface area (Å²) >= 11 is 1.47. The van der Waals surface area contributed by atoms with Crippen LogP contribution in [0.15, 0.2) is 0 Å². The van der Waals surface area contributed by atoms with Crippen LogP contribution in [0.5, 0.6) is 0 Å². The lowest BCUT2D eigenvalue weighted by Gasteiger charge is -2.27. The molecule has 0 amide bonds. The predicted molar refractivity (Wildman–Crippen MR) is 77.9 cm³/mol. The molecule has 0 saturated heterocycles. The zero-order chi connectivity index (χ0) is 13.4. The third-order valence-electron chi connectivity index (χ3n) is 3.87. The van der Waals surface area contributed by atoms with E-state index in [1.54, 1.807) is 0 Å². The summed E-state index contributed by atoms with van der Waals surface area (Å²) in [5.74, 6) is 0.260. The third kappa shape index (κ3) is 2.43. The zero-order valence-corrected chi connectivity index (χ0v) is 12.0. The van der Waals surface area contributed by atoms with Crippen LogP contribution in [-0.2, 0) is 4.74 Å². The molecule has 104 valence electrons. The number of anilines is 2. The van der Waals surface area contributed by atoms with E-state index in [1.807, 2.05) is 6.92 Å². The molecule has 19 heavy (non-hydrogen) atoms. The number of nitrogen functional groups attached to an aromatic ring is 1. The topological polar surface area (TPSA) is 64.3 Å². The van der Waals surface area contributed by atoms with Crippen molar-refractivity contribution in [2.45, 2.75) is 51.0 Å². The van der Waals surface area contributed by atoms with Gasteiger partial charge in [0, 0.05) is 11.6 Å². The van der Waals surface area contributed by atoms with Crippen LogP contribution in [0.1, 0.15) is 60.2 Å². The summed E-state index contributed by atoms with van der Waals surface area (Å²) in [6, 6.07) is 0.561. The van der Waals surface area contributed by atoms with E-state index < -0.39 is 0 Å². The number of carbonyl (C=O) groups is 1. The van der Waals surface area contributed by atoms with Crippen molar-refractivity contribution < 1.29 is 9.53 Å². The summed E-state index contributed by atoms with van der Waals surface area (Å²) in [6.07, 6.45) is 6.10. The number of nitrogens with one attached hydrogen (secondary N) is 1. The van der Waals surface area contributed by atoms with Crippen molar-refractivity contribution in [2.75, 3.05) is 17.7 Å². The fourth-order valence-electron chi connectivity index (χ4n) is 2.43. The molecular formula is C14H20N2O2S. The summed E-state index contributed by atoms with van der Waals surface area (Å²) in [5, 5.41) is 4.66. The molecular weight excluding hydrogens is 260 g/mol. The fourth-order valence-corrected chi connectivity index (χ4v) is 3.61. The van der Waals surface area contributed by atoms with Gasteiger partial charge in [-0.1, -0.05) is 0 Å². The van der Waals surface area contributed by atoms with Crippen molar-refractivity contribution in [3.8, 4) is 0 Å². The SMILES string of the molecule is CCOC(=O)c1sc(NC2CCC2)c(C2CC2)c1N. The lowest BCUT2D eigenvalue weighted by molar-refractivity contribution is 0.0533. The summed E-state index contributed by atoms with van der Waals surface area (Å²) in [5.41, 5.74) is 7.99. The summed E-state index contributed by atoms with van der Waals surface area (Å²) in [7, 11) is 0. The molecule has 1 aromatic rings. The maximum Gasteiger partial charge on any atom is 0.350 e. The average Bonchev–Trinajstić information content (AvgIpc) is 3.09. The van der Waals surface area contributed by atoms with Crippen LogP contribution in [0.3, 0.4) is 0 Å². The monoisotopic (exact) mass is 280 g/mol. The van der Waals surface area contributed by atoms with Crippen LogP contribution in [0.2, 0.25) is 0 Å². The van der Waals surface area contributed by atoms with E-state index in [2.05, 4.69) is 5.32 Å². The van der Waals surface area contributed by atoms with Gasteiger partial charge in [-0.15, -0.1) is 11.3 Å². The Morgan fingerprint density at radius 3 is 2.68 bits per heavy atom. The van der Waals surface area contributed by atoms with Gasteiger partial charge in [0.25, 0.3) is 0 Å². The van der Waals surface area contributed by atoms with Crippen molar-refractivity contribution in [1.29, 1.82) is 0 Å². The number of ether oxygens (including phenoxy) is 1. The van der Waals surface area contributed by atoms with Crippen LogP contribution in [0.4, 0.5) is 10.7 Å². The lowest BCUT2D eigenvalue weighted by atomic mass is 9.93. The van der Waals surface area contributed by atoms with Crippen molar-refractivity contribution in [2.24, 2.45) is 0 Å². The highest BCUT2D eigenvalue weighted by Gasteiger charge is 2.34. The first-order valence-corrected chi connectivity index (χ1v) is 7.88. The molecule has 2 saturated carbocycles. The molecule has 0 bridgehead atoms. The molecule has 2 aliphatic rings. The van der Waals surface area contributed by atoms with Gasteiger partial charge in [0.15, 0.2) is 0 Å². The molecule has 0 unspecified atom stereocenters. The van der Waals surface area contributed by atoms with Crippen LogP contribution >= 0.6 is 11.3 Å². The number of rotatable bonds is 5. The molecule has 5 heteroatoms. The van der Waals surface area contributed by atoms with Gasteiger partial charge in [0.2, 0.25) is 0 Å². The third-order valence-corrected chi connectivity index (χ3v) is 5.00. The molecule has 2 fully saturated rings. The molecule has 1 aromatic heterocycles. The predicted octanol–water partition coefficient (Wildman–Crippen LogP) is 3.35. The maximum absolute atomic E-state index is 11.9. The Bertz CT molecular complexity index is 490. The van der Waals surface area contributed by atoms with Gasteiger partial charge in [-0.25, -0.2) is 4.79 Å². The number of hydrogen-bond acceptors (Lipinski definition) is 5. The summed E-state index contributed by atoms with van der Waals surface area (Å²) < 4.78 is 5.09. The molecule has 4 nitrogen and oxygen atoms in total. The second-order valence-corrected chi connectivity index (χ2v) is 6.38. The fraction of sp³-hybridized carbons (Fsp3) is 0.643. The van der Waals surface area contributed by atoms with Gasteiger partial charge in [-0.3, -0.25) is 0 Å². The van der Waals surface area contributed by atoms with Crippen molar-refractivity contribution in [3.63, 3.8) is 0 Å². The highest BCUT2D eigenvalue weighted by Crippen LogP contribution is 2.51. The molecule has 2 aliphatic carbocycles. The maximum atomic E-state index is 11.9. The van der Waals surface area contributed by atoms with Gasteiger partial charge in [-0.05, 0) is 44.9 Å². The Labute approximate surface area is 117 Å². The normalized spacial score (nSPS) is 19.0. The molecule has 1 heterocycles. The number of nitrogens with two attached hydrogens (primary N) is 1. The van der Waals surface area contributed by atoms with E-state index in [9.17, 15) is 4.79 Å². The molecule has 0 radical (unpaired) electrons. The van der Waals surface area contributed by atoms with E-state index >= 15 is 0 Å². The van der Waals surface area contributed by atoms with Crippen LogP contribution < -0.4 is 11.1 Å². The minimum atomic E-state index is -0.284. The second-order valence-electron chi connectivity index (χ2n) is 5.35. The highest BCUT2D eigenvalue weighted by atomic mass is 32.1. The van der Waals surface area contributed by atoms with E-state index in [0.29, 0.717) is 29.1 Å². The number of hydrogen-bond donors (Lipinski definition) is 2. The summed E-state index contributed by atoms with van der Waals surface area (Å²) in [6.45, 7) is 2.21. The first kappa shape index (κ1) is 12.8. The Morgan fingerprint density at radius 1 is 1.42 bits per heavy atom. The number of esters is 1. The van der Waals surface area contributed by atoms with Crippen molar-refractivity contribution in [1.82, 2.24) is 0 Å². The standard InChI is InChI=1S/C14H20N2O2S/c1-2-18-14(17)12-11(15)10(8-6-7-8)13(19-12)16-9-4-3-5-9/h8-9,16H,2-7,15H2,1H3. The minimum Gasteiger partial charge on any atom is -0.462 e. The largest absolute Gasteiger partial charge is 0.462 e. The zero-order valence-electron chi connectivity index (χ0n) is 11.2. The van der Waals surface area contributed by atoms with E-state index in [-0.39, 0.29) is 5.97 Å². The van der Waals surface area contributed by atoms with Gasteiger partial charge >= 0.3 is 5.97 Å². The second kappa shape index (κ2) is 5.04. The first-order valence-electron chi connectivity index (χ1n) is 7.06. The molecule has 3 N–H and O–H groups in total. The Balaban J connectivity index is 1.88. The van der Waals surface area contributed by atoms with E-state index in [0.717, 1.165) is 5.00 Å². The Kier molecular flexibility index (Phi) is 3.39. The Morgan fingerprint density at radius 2 is 2.16 bits per heavy atom. The van der Waals surface area contributed by atoms with Gasteiger partial charge in [-0.2, -0.15) is 0 Å². The van der Waals surface area contributed by atoms with Gasteiger partial charge in [0.1, 0.15) is 4.88 Å². The molecule has 0 atom stereocenters. The van der Waals surface area contributed by atoms with Gasteiger partial charge in [0.05, 0.1) is 17.3 Å². The summed E-state index contributed by atoms with van der Waals surface area (Å²) in [4.78, 5) is 12.5. The lowest BCUT2D eigenvalue weighted by Crippen LogP contribution is -2.26. The Hall–Kier alpha value is -1.23. The highest BCUT2D eigenvalue weighted by molar-refractivity contribution is 7.18. The van der Waals surface area contributed by atoms with E-state index in [1.165, 1.54) is 49.0 Å². The number of thiophene rings is 1. The van der Waals surface area contributed by atoms with E-state index in [4.69, 9.17) is 10.5 Å².